The number of hydrogen-bond donors (Lipinski definition) is 1. The molecule has 14 heavy (non-hydrogen) atoms. The van der Waals surface area contributed by atoms with Crippen LogP contribution in [0.5, 0.6) is 0 Å². The lowest BCUT2D eigenvalue weighted by Crippen LogP contribution is -2.12. The van der Waals surface area contributed by atoms with E-state index in [1.807, 2.05) is 13.0 Å². The van der Waals surface area contributed by atoms with E-state index >= 15 is 0 Å². The molecule has 0 radical (unpaired) electrons. The first-order valence-corrected chi connectivity index (χ1v) is 5.45. The van der Waals surface area contributed by atoms with E-state index in [0.717, 1.165) is 35.4 Å². The Kier molecular flexibility index (Phi) is 2.54. The molecule has 0 heterocycles. The Balaban J connectivity index is 2.67. The summed E-state index contributed by atoms with van der Waals surface area (Å²) in [6, 6.07) is 2.01. The van der Waals surface area contributed by atoms with E-state index in [-0.39, 0.29) is 6.10 Å². The van der Waals surface area contributed by atoms with E-state index in [1.54, 1.807) is 0 Å². The monoisotopic (exact) mass is 210 g/mol. The molecule has 1 atom stereocenters. The van der Waals surface area contributed by atoms with Gasteiger partial charge >= 0.3 is 0 Å². The van der Waals surface area contributed by atoms with E-state index in [9.17, 15) is 5.11 Å². The van der Waals surface area contributed by atoms with Crippen LogP contribution in [0.4, 0.5) is 0 Å². The van der Waals surface area contributed by atoms with Crippen LogP contribution in [-0.4, -0.2) is 5.11 Å². The lowest BCUT2D eigenvalue weighted by Gasteiger charge is -2.25. The average molecular weight is 211 g/mol. The molecular weight excluding hydrogens is 196 g/mol. The van der Waals surface area contributed by atoms with Gasteiger partial charge in [-0.2, -0.15) is 0 Å². The number of aliphatic hydroxyl groups is 1. The molecule has 0 spiro atoms. The van der Waals surface area contributed by atoms with Crippen LogP contribution in [0, 0.1) is 13.8 Å². The van der Waals surface area contributed by atoms with Crippen molar-refractivity contribution in [3.05, 3.63) is 33.3 Å². The highest BCUT2D eigenvalue weighted by atomic mass is 35.5. The fraction of sp³-hybridized carbons (Fsp3) is 0.500. The minimum Gasteiger partial charge on any atom is -0.388 e. The predicted molar refractivity (Wildman–Crippen MR) is 58.8 cm³/mol. The quantitative estimate of drug-likeness (QED) is 0.697. The molecule has 0 aliphatic heterocycles. The van der Waals surface area contributed by atoms with Gasteiger partial charge in [-0.3, -0.25) is 0 Å². The summed E-state index contributed by atoms with van der Waals surface area (Å²) in [6.07, 6.45) is 2.72. The zero-order valence-corrected chi connectivity index (χ0v) is 9.36. The average Bonchev–Trinajstić information content (AvgIpc) is 2.14. The second kappa shape index (κ2) is 3.56. The molecule has 1 aliphatic rings. The summed E-state index contributed by atoms with van der Waals surface area (Å²) in [7, 11) is 0. The normalized spacial score (nSPS) is 20.7. The van der Waals surface area contributed by atoms with Crippen LogP contribution in [0.1, 0.15) is 41.2 Å². The Morgan fingerprint density at radius 3 is 2.86 bits per heavy atom. The van der Waals surface area contributed by atoms with Crippen molar-refractivity contribution >= 4 is 11.6 Å². The lowest BCUT2D eigenvalue weighted by molar-refractivity contribution is 0.155. The molecule has 1 nitrogen and oxygen atoms in total. The van der Waals surface area contributed by atoms with E-state index in [2.05, 4.69) is 6.92 Å². The van der Waals surface area contributed by atoms with Gasteiger partial charge in [-0.25, -0.2) is 0 Å². The van der Waals surface area contributed by atoms with Crippen molar-refractivity contribution in [1.82, 2.24) is 0 Å². The van der Waals surface area contributed by atoms with Gasteiger partial charge in [0.2, 0.25) is 0 Å². The number of benzene rings is 1. The summed E-state index contributed by atoms with van der Waals surface area (Å²) in [4.78, 5) is 0. The van der Waals surface area contributed by atoms with Gasteiger partial charge in [-0.05, 0) is 61.4 Å². The molecule has 0 unspecified atom stereocenters. The smallest absolute Gasteiger partial charge is 0.0796 e. The summed E-state index contributed by atoms with van der Waals surface area (Å²) in [5.74, 6) is 0. The Bertz CT molecular complexity index is 371. The van der Waals surface area contributed by atoms with E-state index in [4.69, 9.17) is 11.6 Å². The summed E-state index contributed by atoms with van der Waals surface area (Å²) in [6.45, 7) is 4.07. The molecule has 0 bridgehead atoms. The Labute approximate surface area is 89.7 Å². The molecule has 1 aromatic carbocycles. The van der Waals surface area contributed by atoms with Crippen molar-refractivity contribution in [2.45, 2.75) is 39.2 Å². The maximum atomic E-state index is 9.93. The van der Waals surface area contributed by atoms with Crippen LogP contribution < -0.4 is 0 Å². The highest BCUT2D eigenvalue weighted by molar-refractivity contribution is 6.31. The second-order valence-electron chi connectivity index (χ2n) is 4.10. The minimum absolute atomic E-state index is 0.309. The van der Waals surface area contributed by atoms with Crippen molar-refractivity contribution in [1.29, 1.82) is 0 Å². The van der Waals surface area contributed by atoms with Gasteiger partial charge in [0, 0.05) is 5.02 Å². The van der Waals surface area contributed by atoms with E-state index in [0.29, 0.717) is 0 Å². The molecule has 1 aromatic rings. The number of hydrogen-bond acceptors (Lipinski definition) is 1. The number of aryl methyl sites for hydroxylation is 1. The standard InChI is InChI=1S/C12H15ClO/c1-7-6-10(13)8(2)12-9(7)4-3-5-11(12)14/h6,11,14H,3-5H2,1-2H3/t11-/m1/s1. The fourth-order valence-electron chi connectivity index (χ4n) is 2.35. The molecule has 0 saturated heterocycles. The topological polar surface area (TPSA) is 20.2 Å². The first-order valence-electron chi connectivity index (χ1n) is 5.08. The maximum absolute atomic E-state index is 9.93. The third-order valence-corrected chi connectivity index (χ3v) is 3.54. The fourth-order valence-corrected chi connectivity index (χ4v) is 2.62. The third kappa shape index (κ3) is 1.45. The van der Waals surface area contributed by atoms with Crippen molar-refractivity contribution in [3.8, 4) is 0 Å². The summed E-state index contributed by atoms with van der Waals surface area (Å²) in [5, 5.41) is 10.7. The van der Waals surface area contributed by atoms with Crippen LogP contribution in [0.25, 0.3) is 0 Å². The Morgan fingerprint density at radius 1 is 1.43 bits per heavy atom. The van der Waals surface area contributed by atoms with Gasteiger partial charge in [-0.15, -0.1) is 0 Å². The van der Waals surface area contributed by atoms with Crippen molar-refractivity contribution in [2.75, 3.05) is 0 Å². The molecule has 1 aliphatic carbocycles. The molecule has 0 fully saturated rings. The predicted octanol–water partition coefficient (Wildman–Crippen LogP) is 3.33. The molecule has 0 saturated carbocycles. The lowest BCUT2D eigenvalue weighted by atomic mass is 9.84. The highest BCUT2D eigenvalue weighted by Crippen LogP contribution is 2.37. The van der Waals surface area contributed by atoms with Crippen LogP contribution in [0.15, 0.2) is 6.07 Å². The summed E-state index contributed by atoms with van der Waals surface area (Å²) in [5.41, 5.74) is 4.67. The van der Waals surface area contributed by atoms with Gasteiger partial charge < -0.3 is 5.11 Å². The first kappa shape index (κ1) is 10.0. The molecule has 0 amide bonds. The molecule has 1 N–H and O–H groups in total. The maximum Gasteiger partial charge on any atom is 0.0796 e. The van der Waals surface area contributed by atoms with Gasteiger partial charge in [0.25, 0.3) is 0 Å². The second-order valence-corrected chi connectivity index (χ2v) is 4.51. The minimum atomic E-state index is -0.309. The van der Waals surface area contributed by atoms with Gasteiger partial charge in [0.15, 0.2) is 0 Å². The molecule has 2 rings (SSSR count). The number of halogens is 1. The van der Waals surface area contributed by atoms with Crippen molar-refractivity contribution in [3.63, 3.8) is 0 Å². The van der Waals surface area contributed by atoms with E-state index < -0.39 is 0 Å². The summed E-state index contributed by atoms with van der Waals surface area (Å²) >= 11 is 6.11. The molecular formula is C12H15ClO. The SMILES string of the molecule is Cc1cc(Cl)c(C)c2c1CCC[C@H]2O. The van der Waals surface area contributed by atoms with Gasteiger partial charge in [0.05, 0.1) is 6.10 Å². The number of aliphatic hydroxyl groups excluding tert-OH is 1. The van der Waals surface area contributed by atoms with Crippen LogP contribution in [-0.2, 0) is 6.42 Å². The van der Waals surface area contributed by atoms with Crippen molar-refractivity contribution < 1.29 is 5.11 Å². The van der Waals surface area contributed by atoms with Gasteiger partial charge in [-0.1, -0.05) is 11.6 Å². The highest BCUT2D eigenvalue weighted by Gasteiger charge is 2.22. The Hall–Kier alpha value is -0.530. The number of rotatable bonds is 0. The molecule has 2 heteroatoms. The van der Waals surface area contributed by atoms with Gasteiger partial charge in [0.1, 0.15) is 0 Å². The summed E-state index contributed by atoms with van der Waals surface area (Å²) < 4.78 is 0. The third-order valence-electron chi connectivity index (χ3n) is 3.14. The zero-order valence-electron chi connectivity index (χ0n) is 8.60. The largest absolute Gasteiger partial charge is 0.388 e. The van der Waals surface area contributed by atoms with Crippen molar-refractivity contribution in [2.24, 2.45) is 0 Å². The Morgan fingerprint density at radius 2 is 2.14 bits per heavy atom. The van der Waals surface area contributed by atoms with Crippen LogP contribution in [0.3, 0.4) is 0 Å². The van der Waals surface area contributed by atoms with Crippen LogP contribution in [0.2, 0.25) is 5.02 Å². The molecule has 0 aromatic heterocycles. The number of fused-ring (bicyclic) bond motifs is 1. The zero-order chi connectivity index (χ0) is 10.3. The first-order chi connectivity index (χ1) is 6.61. The molecule has 76 valence electrons. The van der Waals surface area contributed by atoms with E-state index in [1.165, 1.54) is 11.1 Å². The van der Waals surface area contributed by atoms with Crippen LogP contribution >= 0.6 is 11.6 Å².